The van der Waals surface area contributed by atoms with E-state index in [1.54, 1.807) is 17.6 Å². The van der Waals surface area contributed by atoms with Crippen LogP contribution in [0.4, 0.5) is 5.95 Å². The number of nitrogens with zero attached hydrogens (tertiary/aromatic N) is 3. The van der Waals surface area contributed by atoms with Crippen molar-refractivity contribution in [2.75, 3.05) is 5.43 Å². The molecule has 0 radical (unpaired) electrons. The van der Waals surface area contributed by atoms with Crippen LogP contribution >= 0.6 is 22.9 Å². The van der Waals surface area contributed by atoms with Crippen LogP contribution in [0.5, 0.6) is 0 Å². The van der Waals surface area contributed by atoms with Crippen LogP contribution in [0.2, 0.25) is 5.02 Å². The van der Waals surface area contributed by atoms with Gasteiger partial charge in [-0.2, -0.15) is 5.10 Å². The van der Waals surface area contributed by atoms with E-state index in [2.05, 4.69) is 10.5 Å². The third kappa shape index (κ3) is 3.60. The standard InChI is InChI=1S/C22H23ClN4OS/c23-15-11-9-14(10-12-15)13-24-26-22-25-20-19(17-7-4-8-18(17)29-20)21(28)27(22)16-5-2-1-3-6-16/h9-13,16H,1-8H2,(H,25,26)/b24-13+. The molecule has 1 aromatic carbocycles. The molecule has 0 amide bonds. The van der Waals surface area contributed by atoms with Gasteiger partial charge in [-0.15, -0.1) is 11.3 Å². The summed E-state index contributed by atoms with van der Waals surface area (Å²) in [6.45, 7) is 0. The Kier molecular flexibility index (Phi) is 5.14. The van der Waals surface area contributed by atoms with Crippen LogP contribution in [-0.2, 0) is 12.8 Å². The fourth-order valence-electron chi connectivity index (χ4n) is 4.53. The van der Waals surface area contributed by atoms with E-state index in [0.717, 1.165) is 60.7 Å². The van der Waals surface area contributed by atoms with E-state index in [1.165, 1.54) is 16.9 Å². The summed E-state index contributed by atoms with van der Waals surface area (Å²) in [5.74, 6) is 0.555. The molecule has 2 aliphatic rings. The fourth-order valence-corrected chi connectivity index (χ4v) is 5.90. The summed E-state index contributed by atoms with van der Waals surface area (Å²) in [7, 11) is 0. The van der Waals surface area contributed by atoms with Crippen LogP contribution in [0.25, 0.3) is 10.2 Å². The average molecular weight is 427 g/mol. The molecule has 0 atom stereocenters. The number of nitrogens with one attached hydrogen (secondary N) is 1. The zero-order valence-electron chi connectivity index (χ0n) is 16.2. The minimum Gasteiger partial charge on any atom is -0.274 e. The highest BCUT2D eigenvalue weighted by Gasteiger charge is 2.26. The molecule has 1 saturated carbocycles. The first kappa shape index (κ1) is 18.8. The summed E-state index contributed by atoms with van der Waals surface area (Å²) in [5, 5.41) is 5.91. The Balaban J connectivity index is 1.55. The van der Waals surface area contributed by atoms with Crippen molar-refractivity contribution in [3.63, 3.8) is 0 Å². The van der Waals surface area contributed by atoms with E-state index in [1.807, 2.05) is 28.8 Å². The number of benzene rings is 1. The number of hydrazone groups is 1. The Morgan fingerprint density at radius 1 is 1.14 bits per heavy atom. The molecular formula is C22H23ClN4OS. The number of fused-ring (bicyclic) bond motifs is 3. The number of aryl methyl sites for hydroxylation is 2. The number of aromatic nitrogens is 2. The Morgan fingerprint density at radius 3 is 2.72 bits per heavy atom. The summed E-state index contributed by atoms with van der Waals surface area (Å²) in [6, 6.07) is 7.67. The number of anilines is 1. The Labute approximate surface area is 178 Å². The van der Waals surface area contributed by atoms with Gasteiger partial charge in [0.2, 0.25) is 5.95 Å². The highest BCUT2D eigenvalue weighted by Crippen LogP contribution is 2.37. The fraction of sp³-hybridized carbons (Fsp3) is 0.409. The molecule has 2 aliphatic carbocycles. The van der Waals surface area contributed by atoms with E-state index in [-0.39, 0.29) is 11.6 Å². The van der Waals surface area contributed by atoms with Crippen LogP contribution in [0.15, 0.2) is 34.2 Å². The van der Waals surface area contributed by atoms with Gasteiger partial charge in [0.15, 0.2) is 0 Å². The maximum Gasteiger partial charge on any atom is 0.264 e. The number of hydrogen-bond donors (Lipinski definition) is 1. The van der Waals surface area contributed by atoms with Gasteiger partial charge in [-0.25, -0.2) is 10.4 Å². The zero-order chi connectivity index (χ0) is 19.8. The van der Waals surface area contributed by atoms with Crippen LogP contribution in [0.1, 0.15) is 60.6 Å². The summed E-state index contributed by atoms with van der Waals surface area (Å²) in [6.07, 6.45) is 10.5. The molecule has 0 bridgehead atoms. The van der Waals surface area contributed by atoms with Crippen LogP contribution in [0, 0.1) is 0 Å². The smallest absolute Gasteiger partial charge is 0.264 e. The highest BCUT2D eigenvalue weighted by atomic mass is 35.5. The monoisotopic (exact) mass is 426 g/mol. The van der Waals surface area contributed by atoms with E-state index >= 15 is 0 Å². The summed E-state index contributed by atoms with van der Waals surface area (Å²) < 4.78 is 1.88. The van der Waals surface area contributed by atoms with Crippen molar-refractivity contribution < 1.29 is 0 Å². The second-order valence-electron chi connectivity index (χ2n) is 7.86. The molecule has 0 unspecified atom stereocenters. The minimum absolute atomic E-state index is 0.102. The molecular weight excluding hydrogens is 404 g/mol. The van der Waals surface area contributed by atoms with Gasteiger partial charge in [0, 0.05) is 15.9 Å². The van der Waals surface area contributed by atoms with Crippen LogP contribution < -0.4 is 11.0 Å². The lowest BCUT2D eigenvalue weighted by molar-refractivity contribution is 0.348. The van der Waals surface area contributed by atoms with Crippen molar-refractivity contribution >= 4 is 45.3 Å². The normalized spacial score (nSPS) is 17.3. The van der Waals surface area contributed by atoms with Crippen molar-refractivity contribution in [1.82, 2.24) is 9.55 Å². The molecule has 1 fully saturated rings. The van der Waals surface area contributed by atoms with Crippen molar-refractivity contribution in [3.8, 4) is 0 Å². The lowest BCUT2D eigenvalue weighted by Gasteiger charge is -2.25. The number of rotatable bonds is 4. The molecule has 0 aliphatic heterocycles. The van der Waals surface area contributed by atoms with Crippen LogP contribution in [0.3, 0.4) is 0 Å². The maximum atomic E-state index is 13.6. The second kappa shape index (κ2) is 7.92. The largest absolute Gasteiger partial charge is 0.274 e. The van der Waals surface area contributed by atoms with Gasteiger partial charge in [0.1, 0.15) is 4.83 Å². The Morgan fingerprint density at radius 2 is 1.93 bits per heavy atom. The van der Waals surface area contributed by atoms with E-state index in [9.17, 15) is 4.79 Å². The molecule has 150 valence electrons. The molecule has 29 heavy (non-hydrogen) atoms. The number of hydrogen-bond acceptors (Lipinski definition) is 5. The van der Waals surface area contributed by atoms with Gasteiger partial charge >= 0.3 is 0 Å². The van der Waals surface area contributed by atoms with Gasteiger partial charge < -0.3 is 0 Å². The predicted molar refractivity (Wildman–Crippen MR) is 121 cm³/mol. The van der Waals surface area contributed by atoms with Gasteiger partial charge in [-0.05, 0) is 55.4 Å². The first-order valence-electron chi connectivity index (χ1n) is 10.3. The molecule has 1 N–H and O–H groups in total. The highest BCUT2D eigenvalue weighted by molar-refractivity contribution is 7.18. The van der Waals surface area contributed by atoms with Crippen LogP contribution in [-0.4, -0.2) is 15.8 Å². The second-order valence-corrected chi connectivity index (χ2v) is 9.38. The average Bonchev–Trinajstić information content (AvgIpc) is 3.31. The first-order valence-corrected chi connectivity index (χ1v) is 11.5. The van der Waals surface area contributed by atoms with Gasteiger partial charge in [0.25, 0.3) is 5.56 Å². The number of thiophene rings is 1. The predicted octanol–water partition coefficient (Wildman–Crippen LogP) is 5.55. The Hall–Kier alpha value is -2.18. The topological polar surface area (TPSA) is 59.3 Å². The van der Waals surface area contributed by atoms with E-state index < -0.39 is 0 Å². The van der Waals surface area contributed by atoms with Gasteiger partial charge in [-0.1, -0.05) is 43.0 Å². The molecule has 5 rings (SSSR count). The van der Waals surface area contributed by atoms with E-state index in [4.69, 9.17) is 16.6 Å². The van der Waals surface area contributed by atoms with Crippen molar-refractivity contribution in [2.24, 2.45) is 5.10 Å². The third-order valence-electron chi connectivity index (χ3n) is 5.96. The zero-order valence-corrected chi connectivity index (χ0v) is 17.7. The molecule has 0 saturated heterocycles. The molecule has 0 spiro atoms. The molecule has 2 heterocycles. The maximum absolute atomic E-state index is 13.6. The summed E-state index contributed by atoms with van der Waals surface area (Å²) >= 11 is 7.62. The van der Waals surface area contributed by atoms with Crippen molar-refractivity contribution in [1.29, 1.82) is 0 Å². The molecule has 5 nitrogen and oxygen atoms in total. The summed E-state index contributed by atoms with van der Waals surface area (Å²) in [5.41, 5.74) is 5.34. The first-order chi connectivity index (χ1) is 14.2. The van der Waals surface area contributed by atoms with Crippen molar-refractivity contribution in [3.05, 3.63) is 55.6 Å². The third-order valence-corrected chi connectivity index (χ3v) is 7.40. The van der Waals surface area contributed by atoms with E-state index in [0.29, 0.717) is 11.0 Å². The molecule has 2 aromatic heterocycles. The SMILES string of the molecule is O=c1c2c3c(sc2nc(N/N=C/c2ccc(Cl)cc2)n1C1CCCCC1)CCC3. The number of halogens is 1. The Bertz CT molecular complexity index is 1130. The van der Waals surface area contributed by atoms with Gasteiger partial charge in [0.05, 0.1) is 11.6 Å². The lowest BCUT2D eigenvalue weighted by Crippen LogP contribution is -2.29. The van der Waals surface area contributed by atoms with Crippen molar-refractivity contribution in [2.45, 2.75) is 57.4 Å². The molecule has 7 heteroatoms. The minimum atomic E-state index is 0.102. The van der Waals surface area contributed by atoms with Gasteiger partial charge in [-0.3, -0.25) is 9.36 Å². The molecule has 3 aromatic rings. The lowest BCUT2D eigenvalue weighted by atomic mass is 9.95. The summed E-state index contributed by atoms with van der Waals surface area (Å²) in [4.78, 5) is 20.6. The quantitative estimate of drug-likeness (QED) is 0.439.